The van der Waals surface area contributed by atoms with E-state index in [9.17, 15) is 13.2 Å². The van der Waals surface area contributed by atoms with Gasteiger partial charge in [0.05, 0.1) is 18.2 Å². The van der Waals surface area contributed by atoms with Crippen LogP contribution in [0.2, 0.25) is 0 Å². The van der Waals surface area contributed by atoms with Crippen LogP contribution in [0.25, 0.3) is 0 Å². The fourth-order valence-electron chi connectivity index (χ4n) is 7.68. The SMILES string of the molecule is CC1C2CNN1CCCCC1CN(C3NC(n4ccc(OCCC5(C(F)(F)F)CC5)n4)CCC3CNS2)C(C)(C)C1. The topological polar surface area (TPSA) is 69.6 Å². The predicted octanol–water partition coefficient (Wildman–Crippen LogP) is 4.92. The van der Waals surface area contributed by atoms with Crippen molar-refractivity contribution in [1.29, 1.82) is 0 Å². The molecular formula is C29H48F3N7OS. The number of hydrazine groups is 1. The molecule has 4 bridgehead atoms. The molecule has 232 valence electrons. The molecule has 6 rings (SSSR count). The molecule has 8 unspecified atom stereocenters. The first-order valence-corrected chi connectivity index (χ1v) is 16.6. The van der Waals surface area contributed by atoms with Gasteiger partial charge in [-0.25, -0.2) is 5.01 Å². The minimum Gasteiger partial charge on any atom is -0.477 e. The van der Waals surface area contributed by atoms with Gasteiger partial charge in [-0.2, -0.15) is 13.2 Å². The molecule has 0 spiro atoms. The van der Waals surface area contributed by atoms with Crippen LogP contribution in [-0.2, 0) is 0 Å². The summed E-state index contributed by atoms with van der Waals surface area (Å²) in [5.41, 5.74) is 2.20. The maximum atomic E-state index is 13.3. The number of piperidine rings is 1. The zero-order chi connectivity index (χ0) is 28.8. The highest BCUT2D eigenvalue weighted by Crippen LogP contribution is 2.59. The van der Waals surface area contributed by atoms with Crippen molar-refractivity contribution >= 4 is 11.9 Å². The van der Waals surface area contributed by atoms with E-state index in [2.05, 4.69) is 51.2 Å². The molecule has 0 radical (unpaired) electrons. The van der Waals surface area contributed by atoms with Crippen molar-refractivity contribution < 1.29 is 17.9 Å². The summed E-state index contributed by atoms with van der Waals surface area (Å²) < 4.78 is 51.2. The lowest BCUT2D eigenvalue weighted by atomic mass is 9.90. The van der Waals surface area contributed by atoms with Gasteiger partial charge in [0.1, 0.15) is 6.17 Å². The maximum Gasteiger partial charge on any atom is 0.394 e. The summed E-state index contributed by atoms with van der Waals surface area (Å²) >= 11 is 1.89. The van der Waals surface area contributed by atoms with E-state index in [4.69, 9.17) is 4.74 Å². The zero-order valence-electron chi connectivity index (χ0n) is 24.8. The van der Waals surface area contributed by atoms with Crippen LogP contribution in [0.4, 0.5) is 13.2 Å². The van der Waals surface area contributed by atoms with Gasteiger partial charge < -0.3 is 4.74 Å². The standard InChI is InChI=1S/C29H48F3N7OS/c1-20-23-18-33-38(20)13-5-4-6-21-16-27(2,3)37(19-21)26-22(17-34-41-23)7-8-24(35-26)39-14-9-25(36-39)40-15-12-28(10-11-28)29(30,31)32/h9,14,20-24,26,33-35H,4-8,10-13,15-19H2,1-3H3. The molecule has 1 aromatic heterocycles. The molecule has 4 aliphatic heterocycles. The van der Waals surface area contributed by atoms with Gasteiger partial charge in [-0.15, -0.1) is 5.10 Å². The van der Waals surface area contributed by atoms with Gasteiger partial charge in [0.2, 0.25) is 5.88 Å². The molecular weight excluding hydrogens is 551 g/mol. The Morgan fingerprint density at radius 1 is 1.15 bits per heavy atom. The molecule has 41 heavy (non-hydrogen) atoms. The Bertz CT molecular complexity index is 1030. The summed E-state index contributed by atoms with van der Waals surface area (Å²) in [7, 11) is 0. The number of hydrogen-bond donors (Lipinski definition) is 3. The third-order valence-corrected chi connectivity index (χ3v) is 11.7. The van der Waals surface area contributed by atoms with Crippen LogP contribution in [0.1, 0.15) is 84.7 Å². The van der Waals surface area contributed by atoms with Gasteiger partial charge in [-0.1, -0.05) is 18.4 Å². The van der Waals surface area contributed by atoms with Gasteiger partial charge in [-0.3, -0.25) is 25.0 Å². The van der Waals surface area contributed by atoms with Gasteiger partial charge in [0, 0.05) is 61.2 Å². The number of nitrogens with zero attached hydrogens (tertiary/aromatic N) is 4. The average molecular weight is 600 g/mol. The van der Waals surface area contributed by atoms with E-state index in [0.29, 0.717) is 29.0 Å². The molecule has 3 N–H and O–H groups in total. The normalized spacial score (nSPS) is 39.0. The van der Waals surface area contributed by atoms with Crippen LogP contribution in [0.15, 0.2) is 12.3 Å². The lowest BCUT2D eigenvalue weighted by Crippen LogP contribution is -2.60. The fourth-order valence-corrected chi connectivity index (χ4v) is 8.71. The van der Waals surface area contributed by atoms with E-state index < -0.39 is 11.6 Å². The van der Waals surface area contributed by atoms with E-state index in [1.165, 1.54) is 25.7 Å². The molecule has 5 fully saturated rings. The molecule has 5 heterocycles. The second-order valence-corrected chi connectivity index (χ2v) is 14.9. The van der Waals surface area contributed by atoms with E-state index in [1.807, 2.05) is 22.8 Å². The van der Waals surface area contributed by atoms with E-state index in [-0.39, 0.29) is 43.7 Å². The number of rotatable bonds is 5. The smallest absolute Gasteiger partial charge is 0.394 e. The Morgan fingerprint density at radius 3 is 2.76 bits per heavy atom. The third-order valence-electron chi connectivity index (χ3n) is 10.5. The second-order valence-electron chi connectivity index (χ2n) is 13.8. The lowest BCUT2D eigenvalue weighted by Gasteiger charge is -2.47. The Labute approximate surface area is 247 Å². The summed E-state index contributed by atoms with van der Waals surface area (Å²) in [6.45, 7) is 11.4. The van der Waals surface area contributed by atoms with E-state index >= 15 is 0 Å². The quantitative estimate of drug-likeness (QED) is 0.413. The van der Waals surface area contributed by atoms with E-state index in [1.54, 1.807) is 6.07 Å². The van der Waals surface area contributed by atoms with Crippen molar-refractivity contribution in [1.82, 2.24) is 35.2 Å². The summed E-state index contributed by atoms with van der Waals surface area (Å²) in [5.74, 6) is 1.57. The Morgan fingerprint density at radius 2 is 1.98 bits per heavy atom. The van der Waals surface area contributed by atoms with E-state index in [0.717, 1.165) is 39.0 Å². The molecule has 8 atom stereocenters. The van der Waals surface area contributed by atoms with Crippen LogP contribution in [0.3, 0.4) is 0 Å². The summed E-state index contributed by atoms with van der Waals surface area (Å²) in [5, 5.41) is 11.6. The number of halogens is 3. The van der Waals surface area contributed by atoms with Crippen molar-refractivity contribution in [2.75, 3.05) is 32.8 Å². The Hall–Kier alpha value is -1.05. The maximum absolute atomic E-state index is 13.3. The van der Waals surface area contributed by atoms with Gasteiger partial charge in [0.25, 0.3) is 0 Å². The minimum atomic E-state index is -4.15. The summed E-state index contributed by atoms with van der Waals surface area (Å²) in [6, 6.07) is 2.30. The number of hydrogen-bond acceptors (Lipinski definition) is 8. The first kappa shape index (κ1) is 30.0. The number of nitrogens with one attached hydrogen (secondary N) is 3. The van der Waals surface area contributed by atoms with Crippen molar-refractivity contribution in [3.63, 3.8) is 0 Å². The molecule has 1 saturated carbocycles. The van der Waals surface area contributed by atoms with Crippen molar-refractivity contribution in [2.24, 2.45) is 17.3 Å². The van der Waals surface area contributed by atoms with Crippen molar-refractivity contribution in [2.45, 2.75) is 114 Å². The van der Waals surface area contributed by atoms with Crippen LogP contribution in [0.5, 0.6) is 5.88 Å². The number of ether oxygens (including phenoxy) is 1. The minimum absolute atomic E-state index is 0.00125. The summed E-state index contributed by atoms with van der Waals surface area (Å²) in [6.07, 6.45) is 5.41. The number of alkyl halides is 3. The number of aromatic nitrogens is 2. The highest BCUT2D eigenvalue weighted by Gasteiger charge is 2.62. The van der Waals surface area contributed by atoms with Crippen LogP contribution < -0.4 is 20.2 Å². The highest BCUT2D eigenvalue weighted by atomic mass is 32.2. The first-order valence-electron chi connectivity index (χ1n) is 15.7. The van der Waals surface area contributed by atoms with Gasteiger partial charge in [-0.05, 0) is 78.1 Å². The second kappa shape index (κ2) is 11.8. The van der Waals surface area contributed by atoms with Crippen molar-refractivity contribution in [3.8, 4) is 5.88 Å². The molecule has 1 aromatic rings. The van der Waals surface area contributed by atoms with Crippen LogP contribution >= 0.6 is 11.9 Å². The predicted molar refractivity (Wildman–Crippen MR) is 155 cm³/mol. The molecule has 5 aliphatic rings. The number of fused-ring (bicyclic) bond motifs is 6. The fraction of sp³-hybridized carbons (Fsp3) is 0.897. The Kier molecular flexibility index (Phi) is 8.63. The largest absolute Gasteiger partial charge is 0.477 e. The molecule has 0 amide bonds. The molecule has 4 saturated heterocycles. The van der Waals surface area contributed by atoms with Crippen molar-refractivity contribution in [3.05, 3.63) is 12.3 Å². The Balaban J connectivity index is 1.12. The first-order chi connectivity index (χ1) is 19.5. The monoisotopic (exact) mass is 599 g/mol. The molecule has 1 aliphatic carbocycles. The van der Waals surface area contributed by atoms with Crippen LogP contribution in [0, 0.1) is 17.3 Å². The average Bonchev–Trinajstić information content (AvgIpc) is 3.28. The molecule has 8 nitrogen and oxygen atoms in total. The molecule has 0 aromatic carbocycles. The zero-order valence-corrected chi connectivity index (χ0v) is 25.6. The van der Waals surface area contributed by atoms with Gasteiger partial charge >= 0.3 is 6.18 Å². The third kappa shape index (κ3) is 6.43. The molecule has 12 heteroatoms. The highest BCUT2D eigenvalue weighted by molar-refractivity contribution is 7.98. The lowest BCUT2D eigenvalue weighted by molar-refractivity contribution is -0.190. The van der Waals surface area contributed by atoms with Crippen LogP contribution in [-0.4, -0.2) is 81.6 Å². The summed E-state index contributed by atoms with van der Waals surface area (Å²) in [4.78, 5) is 2.72. The van der Waals surface area contributed by atoms with Gasteiger partial charge in [0.15, 0.2) is 0 Å².